The van der Waals surface area contributed by atoms with Gasteiger partial charge >= 0.3 is 5.97 Å². The van der Waals surface area contributed by atoms with Crippen molar-refractivity contribution in [2.45, 2.75) is 13.5 Å². The normalized spacial score (nSPS) is 10.6. The van der Waals surface area contributed by atoms with Crippen LogP contribution in [-0.2, 0) is 6.54 Å². The zero-order valence-electron chi connectivity index (χ0n) is 9.39. The molecule has 18 heavy (non-hydrogen) atoms. The van der Waals surface area contributed by atoms with Crippen LogP contribution in [0.5, 0.6) is 0 Å². The van der Waals surface area contributed by atoms with Crippen LogP contribution in [0.3, 0.4) is 0 Å². The second-order valence-corrected chi connectivity index (χ2v) is 3.52. The van der Waals surface area contributed by atoms with Crippen LogP contribution in [0.1, 0.15) is 17.3 Å². The first-order valence-corrected chi connectivity index (χ1v) is 5.15. The molecule has 94 valence electrons. The van der Waals surface area contributed by atoms with Gasteiger partial charge in [0, 0.05) is 12.1 Å². The Balaban J connectivity index is 2.70. The van der Waals surface area contributed by atoms with Gasteiger partial charge in [0.15, 0.2) is 17.5 Å². The summed E-state index contributed by atoms with van der Waals surface area (Å²) in [6, 6.07) is 1.45. The van der Waals surface area contributed by atoms with Crippen molar-refractivity contribution in [1.29, 1.82) is 0 Å². The Hall–Kier alpha value is -2.31. The number of halogens is 2. The SMILES string of the molecule is CCn1ncnc1-c1cc(F)c(F)cc1C(=O)O. The topological polar surface area (TPSA) is 68.0 Å². The highest BCUT2D eigenvalue weighted by Crippen LogP contribution is 2.24. The number of aromatic nitrogens is 3. The lowest BCUT2D eigenvalue weighted by atomic mass is 10.1. The van der Waals surface area contributed by atoms with E-state index in [1.54, 1.807) is 6.92 Å². The number of nitrogens with zero attached hydrogens (tertiary/aromatic N) is 3. The molecule has 0 atom stereocenters. The summed E-state index contributed by atoms with van der Waals surface area (Å²) in [7, 11) is 0. The van der Waals surface area contributed by atoms with Crippen molar-refractivity contribution in [3.63, 3.8) is 0 Å². The second-order valence-electron chi connectivity index (χ2n) is 3.52. The minimum atomic E-state index is -1.35. The summed E-state index contributed by atoms with van der Waals surface area (Å²) in [5.41, 5.74) is -0.350. The zero-order chi connectivity index (χ0) is 13.3. The van der Waals surface area contributed by atoms with Crippen molar-refractivity contribution in [3.05, 3.63) is 35.7 Å². The number of aromatic carboxylic acids is 1. The van der Waals surface area contributed by atoms with E-state index in [-0.39, 0.29) is 17.0 Å². The number of carboxylic acid groups (broad SMARTS) is 1. The summed E-state index contributed by atoms with van der Waals surface area (Å²) in [5.74, 6) is -3.50. The molecular formula is C11H9F2N3O2. The molecule has 0 saturated heterocycles. The van der Waals surface area contributed by atoms with Gasteiger partial charge in [0.2, 0.25) is 0 Å². The Bertz CT molecular complexity index is 610. The molecule has 7 heteroatoms. The predicted molar refractivity (Wildman–Crippen MR) is 58.0 cm³/mol. The number of aryl methyl sites for hydroxylation is 1. The number of carbonyl (C=O) groups is 1. The third-order valence-corrected chi connectivity index (χ3v) is 2.45. The average Bonchev–Trinajstić information content (AvgIpc) is 2.79. The molecule has 5 nitrogen and oxygen atoms in total. The minimum Gasteiger partial charge on any atom is -0.478 e. The zero-order valence-corrected chi connectivity index (χ0v) is 9.39. The highest BCUT2D eigenvalue weighted by Gasteiger charge is 2.19. The fourth-order valence-electron chi connectivity index (χ4n) is 1.61. The van der Waals surface area contributed by atoms with Gasteiger partial charge < -0.3 is 5.11 Å². The van der Waals surface area contributed by atoms with Crippen molar-refractivity contribution in [1.82, 2.24) is 14.8 Å². The highest BCUT2D eigenvalue weighted by atomic mass is 19.2. The molecule has 0 amide bonds. The van der Waals surface area contributed by atoms with Crippen LogP contribution in [0.4, 0.5) is 8.78 Å². The average molecular weight is 253 g/mol. The van der Waals surface area contributed by atoms with Gasteiger partial charge in [-0.05, 0) is 19.1 Å². The summed E-state index contributed by atoms with van der Waals surface area (Å²) in [4.78, 5) is 14.9. The van der Waals surface area contributed by atoms with E-state index in [1.165, 1.54) is 11.0 Å². The van der Waals surface area contributed by atoms with Crippen LogP contribution in [0, 0.1) is 11.6 Å². The molecule has 1 aromatic heterocycles. The third-order valence-electron chi connectivity index (χ3n) is 2.45. The molecule has 0 aliphatic rings. The molecule has 2 rings (SSSR count). The lowest BCUT2D eigenvalue weighted by molar-refractivity contribution is 0.0697. The van der Waals surface area contributed by atoms with Gasteiger partial charge in [-0.15, -0.1) is 0 Å². The molecule has 2 aromatic rings. The maximum atomic E-state index is 13.2. The fraction of sp³-hybridized carbons (Fsp3) is 0.182. The Labute approximate surface area is 101 Å². The Morgan fingerprint density at radius 1 is 1.39 bits per heavy atom. The molecule has 1 N–H and O–H groups in total. The number of hydrogen-bond donors (Lipinski definition) is 1. The molecule has 0 saturated carbocycles. The van der Waals surface area contributed by atoms with E-state index >= 15 is 0 Å². The smallest absolute Gasteiger partial charge is 0.336 e. The standard InChI is InChI=1S/C11H9F2N3O2/c1-2-16-10(14-5-15-16)6-3-8(12)9(13)4-7(6)11(17)18/h3-5H,2H2,1H3,(H,17,18). The molecule has 1 heterocycles. The largest absolute Gasteiger partial charge is 0.478 e. The van der Waals surface area contributed by atoms with Crippen molar-refractivity contribution < 1.29 is 18.7 Å². The third kappa shape index (κ3) is 1.94. The van der Waals surface area contributed by atoms with Crippen LogP contribution >= 0.6 is 0 Å². The molecule has 0 unspecified atom stereocenters. The lowest BCUT2D eigenvalue weighted by Crippen LogP contribution is -2.07. The van der Waals surface area contributed by atoms with Crippen molar-refractivity contribution >= 4 is 5.97 Å². The van der Waals surface area contributed by atoms with Gasteiger partial charge in [-0.25, -0.2) is 23.2 Å². The first-order chi connectivity index (χ1) is 8.54. The highest BCUT2D eigenvalue weighted by molar-refractivity contribution is 5.95. The van der Waals surface area contributed by atoms with Crippen LogP contribution in [-0.4, -0.2) is 25.8 Å². The van der Waals surface area contributed by atoms with E-state index in [9.17, 15) is 13.6 Å². The van der Waals surface area contributed by atoms with Crippen molar-refractivity contribution in [2.75, 3.05) is 0 Å². The number of benzene rings is 1. The minimum absolute atomic E-state index is 0.000694. The molecule has 0 aliphatic heterocycles. The van der Waals surface area contributed by atoms with E-state index in [0.29, 0.717) is 12.6 Å². The Morgan fingerprint density at radius 3 is 2.67 bits per heavy atom. The maximum absolute atomic E-state index is 13.2. The molecule has 0 bridgehead atoms. The molecular weight excluding hydrogens is 244 g/mol. The van der Waals surface area contributed by atoms with Gasteiger partial charge in [0.05, 0.1) is 5.56 Å². The first-order valence-electron chi connectivity index (χ1n) is 5.15. The van der Waals surface area contributed by atoms with Gasteiger partial charge in [0.25, 0.3) is 0 Å². The van der Waals surface area contributed by atoms with Gasteiger partial charge in [-0.3, -0.25) is 0 Å². The van der Waals surface area contributed by atoms with Crippen LogP contribution in [0.15, 0.2) is 18.5 Å². The van der Waals surface area contributed by atoms with Crippen molar-refractivity contribution in [2.24, 2.45) is 0 Å². The quantitative estimate of drug-likeness (QED) is 0.907. The van der Waals surface area contributed by atoms with E-state index in [1.807, 2.05) is 0 Å². The van der Waals surface area contributed by atoms with Crippen molar-refractivity contribution in [3.8, 4) is 11.4 Å². The van der Waals surface area contributed by atoms with Crippen LogP contribution in [0.25, 0.3) is 11.4 Å². The lowest BCUT2D eigenvalue weighted by Gasteiger charge is -2.07. The monoisotopic (exact) mass is 253 g/mol. The van der Waals surface area contributed by atoms with E-state index in [0.717, 1.165) is 6.07 Å². The Morgan fingerprint density at radius 2 is 2.06 bits per heavy atom. The second kappa shape index (κ2) is 4.52. The van der Waals surface area contributed by atoms with Crippen LogP contribution < -0.4 is 0 Å². The summed E-state index contributed by atoms with van der Waals surface area (Å²) in [6.45, 7) is 2.21. The van der Waals surface area contributed by atoms with Crippen LogP contribution in [0.2, 0.25) is 0 Å². The van der Waals surface area contributed by atoms with Gasteiger partial charge in [-0.1, -0.05) is 0 Å². The number of rotatable bonds is 3. The number of carboxylic acids is 1. The van der Waals surface area contributed by atoms with Gasteiger partial charge in [-0.2, -0.15) is 5.10 Å². The summed E-state index contributed by atoms with van der Waals surface area (Å²) >= 11 is 0. The molecule has 0 radical (unpaired) electrons. The summed E-state index contributed by atoms with van der Waals surface area (Å²) < 4.78 is 27.7. The molecule has 0 spiro atoms. The summed E-state index contributed by atoms with van der Waals surface area (Å²) in [5, 5.41) is 12.9. The molecule has 0 aliphatic carbocycles. The van der Waals surface area contributed by atoms with E-state index in [4.69, 9.17) is 5.11 Å². The first kappa shape index (κ1) is 12.2. The maximum Gasteiger partial charge on any atom is 0.336 e. The molecule has 0 fully saturated rings. The number of hydrogen-bond acceptors (Lipinski definition) is 3. The predicted octanol–water partition coefficient (Wildman–Crippen LogP) is 1.94. The molecule has 1 aromatic carbocycles. The van der Waals surface area contributed by atoms with E-state index < -0.39 is 17.6 Å². The van der Waals surface area contributed by atoms with E-state index in [2.05, 4.69) is 10.1 Å². The Kier molecular flexibility index (Phi) is 3.05. The fourth-order valence-corrected chi connectivity index (χ4v) is 1.61. The summed E-state index contributed by atoms with van der Waals surface area (Å²) in [6.07, 6.45) is 1.23. The van der Waals surface area contributed by atoms with Gasteiger partial charge in [0.1, 0.15) is 6.33 Å².